The summed E-state index contributed by atoms with van der Waals surface area (Å²) in [6.45, 7) is 5.85. The van der Waals surface area contributed by atoms with Crippen LogP contribution in [0.3, 0.4) is 0 Å². The quantitative estimate of drug-likeness (QED) is 0.0780. The highest BCUT2D eigenvalue weighted by Crippen LogP contribution is 2.40. The minimum atomic E-state index is -5.10. The van der Waals surface area contributed by atoms with Crippen molar-refractivity contribution in [1.29, 1.82) is 0 Å². The van der Waals surface area contributed by atoms with Crippen molar-refractivity contribution in [2.24, 2.45) is 17.8 Å². The summed E-state index contributed by atoms with van der Waals surface area (Å²) in [5, 5.41) is 1.43. The van der Waals surface area contributed by atoms with Crippen LogP contribution in [-0.4, -0.2) is 95.9 Å². The molecule has 9 rings (SSSR count). The number of piperazine rings is 1. The maximum absolute atomic E-state index is 14.3. The van der Waals surface area contributed by atoms with E-state index in [0.717, 1.165) is 47.4 Å². The summed E-state index contributed by atoms with van der Waals surface area (Å²) < 4.78 is 179. The summed E-state index contributed by atoms with van der Waals surface area (Å²) in [4.78, 5) is 46.3. The second-order valence-electron chi connectivity index (χ2n) is 21.8. The molecular formula is C60H63F12N7O4. The Morgan fingerprint density at radius 2 is 0.976 bits per heavy atom. The van der Waals surface area contributed by atoms with Crippen molar-refractivity contribution in [2.75, 3.05) is 68.8 Å². The standard InChI is InChI=1S/C60H63F12N7O4/c1-3-76(32-39-13-14-39)53-45(27-43-9-5-7-11-51(43)73-53)35-79(34-42-25-49(59(67,68)69)30-50(26-42)60(70,71)72)56(81)83-37-40-17-15-38(16-18-40)31-75-19-21-77(22-20-75)54-46(28-44-10-6-8-12-52(44)74-54)36-78(55(80)82-4-2)33-41-23-47(57(61,62)63)29-48(24-41)58(64,65)66/h5-12,23-30,38-40H,3-4,13-22,31-37H2,1-2H3. The largest absolute Gasteiger partial charge is 0.450 e. The third-order valence-corrected chi connectivity index (χ3v) is 15.6. The molecule has 0 unspecified atom stereocenters. The molecule has 83 heavy (non-hydrogen) atoms. The fourth-order valence-electron chi connectivity index (χ4n) is 11.1. The Hall–Kier alpha value is -7.04. The first-order valence-corrected chi connectivity index (χ1v) is 27.7. The van der Waals surface area contributed by atoms with Crippen LogP contribution in [0.25, 0.3) is 21.8 Å². The number of benzene rings is 4. The first kappa shape index (κ1) is 60.5. The van der Waals surface area contributed by atoms with Crippen molar-refractivity contribution in [3.8, 4) is 0 Å². The third kappa shape index (κ3) is 15.6. The van der Waals surface area contributed by atoms with Gasteiger partial charge in [0.25, 0.3) is 0 Å². The number of fused-ring (bicyclic) bond motifs is 2. The number of para-hydroxylation sites is 2. The molecule has 4 aromatic carbocycles. The molecule has 446 valence electrons. The van der Waals surface area contributed by atoms with E-state index in [2.05, 4.69) is 9.80 Å². The Kier molecular flexibility index (Phi) is 18.3. The lowest BCUT2D eigenvalue weighted by atomic mass is 9.82. The zero-order valence-electron chi connectivity index (χ0n) is 45.7. The second-order valence-corrected chi connectivity index (χ2v) is 21.8. The van der Waals surface area contributed by atoms with Gasteiger partial charge in [-0.1, -0.05) is 36.4 Å². The number of amides is 2. The molecule has 1 saturated heterocycles. The topological polar surface area (TPSA) is 94.6 Å². The van der Waals surface area contributed by atoms with Crippen LogP contribution in [0.1, 0.15) is 96.9 Å². The molecule has 6 aromatic rings. The lowest BCUT2D eigenvalue weighted by Gasteiger charge is -2.39. The van der Waals surface area contributed by atoms with Crippen molar-refractivity contribution in [2.45, 2.75) is 103 Å². The van der Waals surface area contributed by atoms with E-state index in [1.165, 1.54) is 6.92 Å². The normalized spacial score (nSPS) is 17.4. The Morgan fingerprint density at radius 1 is 0.530 bits per heavy atom. The molecule has 0 spiro atoms. The molecule has 2 amide bonds. The summed E-state index contributed by atoms with van der Waals surface area (Å²) >= 11 is 0. The average molecular weight is 1170 g/mol. The van der Waals surface area contributed by atoms with E-state index in [0.29, 0.717) is 121 Å². The van der Waals surface area contributed by atoms with Crippen molar-refractivity contribution in [3.63, 3.8) is 0 Å². The van der Waals surface area contributed by atoms with Crippen LogP contribution in [0.15, 0.2) is 97.1 Å². The number of anilines is 2. The number of nitrogens with zero attached hydrogens (tertiary/aromatic N) is 7. The van der Waals surface area contributed by atoms with Crippen LogP contribution < -0.4 is 9.80 Å². The third-order valence-electron chi connectivity index (χ3n) is 15.6. The van der Waals surface area contributed by atoms with Crippen molar-refractivity contribution >= 4 is 45.6 Å². The van der Waals surface area contributed by atoms with Gasteiger partial charge in [-0.3, -0.25) is 14.7 Å². The monoisotopic (exact) mass is 1170 g/mol. The minimum absolute atomic E-state index is 0.0219. The maximum Gasteiger partial charge on any atom is 0.416 e. The van der Waals surface area contributed by atoms with Crippen molar-refractivity contribution in [3.05, 3.63) is 142 Å². The van der Waals surface area contributed by atoms with E-state index >= 15 is 0 Å². The molecule has 11 nitrogen and oxygen atoms in total. The molecule has 3 fully saturated rings. The van der Waals surface area contributed by atoms with Gasteiger partial charge in [0, 0.05) is 80.8 Å². The van der Waals surface area contributed by atoms with Crippen molar-refractivity contribution < 1.29 is 71.7 Å². The molecule has 0 radical (unpaired) electrons. The van der Waals surface area contributed by atoms with Gasteiger partial charge in [0.2, 0.25) is 0 Å². The van der Waals surface area contributed by atoms with Gasteiger partial charge in [-0.2, -0.15) is 52.7 Å². The molecule has 0 N–H and O–H groups in total. The molecule has 3 heterocycles. The van der Waals surface area contributed by atoms with Gasteiger partial charge in [0.05, 0.1) is 59.6 Å². The number of carbonyl (C=O) groups is 2. The van der Waals surface area contributed by atoms with Crippen molar-refractivity contribution in [1.82, 2.24) is 24.7 Å². The number of alkyl halides is 12. The van der Waals surface area contributed by atoms with Gasteiger partial charge in [-0.15, -0.1) is 0 Å². The molecule has 1 aliphatic heterocycles. The van der Waals surface area contributed by atoms with Crippen LogP contribution in [0.5, 0.6) is 0 Å². The van der Waals surface area contributed by atoms with Crippen LogP contribution in [-0.2, 0) is 60.4 Å². The predicted octanol–water partition coefficient (Wildman–Crippen LogP) is 15.0. The summed E-state index contributed by atoms with van der Waals surface area (Å²) in [5.41, 5.74) is -4.40. The number of hydrogen-bond donors (Lipinski definition) is 0. The maximum atomic E-state index is 14.3. The van der Waals surface area contributed by atoms with Crippen LogP contribution >= 0.6 is 0 Å². The van der Waals surface area contributed by atoms with Gasteiger partial charge in [0.1, 0.15) is 11.6 Å². The summed E-state index contributed by atoms with van der Waals surface area (Å²) in [5.74, 6) is 1.70. The number of pyridine rings is 2. The highest BCUT2D eigenvalue weighted by molar-refractivity contribution is 5.83. The highest BCUT2D eigenvalue weighted by Gasteiger charge is 2.40. The molecule has 2 saturated carbocycles. The van der Waals surface area contributed by atoms with E-state index in [1.54, 1.807) is 24.3 Å². The van der Waals surface area contributed by atoms with E-state index in [9.17, 15) is 62.3 Å². The zero-order chi connectivity index (χ0) is 59.4. The Bertz CT molecular complexity index is 3180. The van der Waals surface area contributed by atoms with Crippen LogP contribution in [0, 0.1) is 17.8 Å². The molecule has 2 aliphatic carbocycles. The predicted molar refractivity (Wildman–Crippen MR) is 288 cm³/mol. The number of rotatable bonds is 18. The highest BCUT2D eigenvalue weighted by atomic mass is 19.4. The Labute approximate surface area is 472 Å². The average Bonchev–Trinajstić information content (AvgIpc) is 4.49. The molecule has 0 bridgehead atoms. The Balaban J connectivity index is 0.859. The lowest BCUT2D eigenvalue weighted by molar-refractivity contribution is -0.144. The fourth-order valence-corrected chi connectivity index (χ4v) is 11.1. The van der Waals surface area contributed by atoms with Gasteiger partial charge in [0.15, 0.2) is 0 Å². The number of aromatic nitrogens is 2. The number of hydrogen-bond acceptors (Lipinski definition) is 9. The van der Waals surface area contributed by atoms with E-state index in [4.69, 9.17) is 19.4 Å². The second kappa shape index (κ2) is 25.0. The molecule has 0 atom stereocenters. The molecule has 2 aromatic heterocycles. The SMILES string of the molecule is CCOC(=O)N(Cc1cc(C(F)(F)F)cc(C(F)(F)F)c1)Cc1cc2ccccc2nc1N1CCN(CC2CCC(COC(=O)N(Cc3cc(C(F)(F)F)cc(C(F)(F)F)c3)Cc3cc4ccccc4nc3N(CC)CC3CC3)CC2)CC1. The molecule has 3 aliphatic rings. The molecular weight excluding hydrogens is 1110 g/mol. The van der Waals surface area contributed by atoms with E-state index < -0.39 is 77.8 Å². The number of halogens is 12. The van der Waals surface area contributed by atoms with Gasteiger partial charge < -0.3 is 19.3 Å². The first-order chi connectivity index (χ1) is 39.3. The van der Waals surface area contributed by atoms with E-state index in [-0.39, 0.29) is 55.8 Å². The lowest BCUT2D eigenvalue weighted by Crippen LogP contribution is -2.48. The van der Waals surface area contributed by atoms with Crippen LogP contribution in [0.2, 0.25) is 0 Å². The van der Waals surface area contributed by atoms with Gasteiger partial charge in [-0.05, 0) is 142 Å². The smallest absolute Gasteiger partial charge is 0.416 e. The zero-order valence-corrected chi connectivity index (χ0v) is 45.7. The first-order valence-electron chi connectivity index (χ1n) is 27.7. The summed E-state index contributed by atoms with van der Waals surface area (Å²) in [6.07, 6.45) is -17.2. The van der Waals surface area contributed by atoms with E-state index in [1.807, 2.05) is 48.2 Å². The fraction of sp³-hybridized carbons (Fsp3) is 0.467. The van der Waals surface area contributed by atoms with Crippen LogP contribution in [0.4, 0.5) is 73.9 Å². The molecule has 23 heteroatoms. The van der Waals surface area contributed by atoms with Gasteiger partial charge in [-0.25, -0.2) is 19.6 Å². The number of ether oxygens (including phenoxy) is 2. The Morgan fingerprint density at radius 3 is 1.46 bits per heavy atom. The summed E-state index contributed by atoms with van der Waals surface area (Å²) in [7, 11) is 0. The minimum Gasteiger partial charge on any atom is -0.450 e. The number of carbonyl (C=O) groups excluding carboxylic acids is 2. The van der Waals surface area contributed by atoms with Gasteiger partial charge >= 0.3 is 36.9 Å². The summed E-state index contributed by atoms with van der Waals surface area (Å²) in [6, 6.07) is 20.7.